The number of rotatable bonds is 5. The number of anilines is 1. The van der Waals surface area contributed by atoms with Crippen molar-refractivity contribution in [3.8, 4) is 0 Å². The molecule has 4 nitrogen and oxygen atoms in total. The zero-order chi connectivity index (χ0) is 17.6. The average molecular weight is 347 g/mol. The van der Waals surface area contributed by atoms with E-state index in [1.165, 1.54) is 29.5 Å². The van der Waals surface area contributed by atoms with Gasteiger partial charge < -0.3 is 9.69 Å². The lowest BCUT2D eigenvalue weighted by Crippen LogP contribution is -2.45. The fourth-order valence-electron chi connectivity index (χ4n) is 4.55. The van der Waals surface area contributed by atoms with Crippen molar-refractivity contribution < 1.29 is 4.79 Å². The van der Waals surface area contributed by atoms with E-state index in [9.17, 15) is 4.79 Å². The second-order valence-corrected chi connectivity index (χ2v) is 8.13. The van der Waals surface area contributed by atoms with Crippen LogP contribution in [0.4, 0.5) is 5.69 Å². The molecule has 1 aromatic carbocycles. The summed E-state index contributed by atoms with van der Waals surface area (Å²) in [5.41, 5.74) is 3.97. The molecule has 1 saturated carbocycles. The summed E-state index contributed by atoms with van der Waals surface area (Å²) in [6, 6.07) is 13.3. The Morgan fingerprint density at radius 1 is 1.00 bits per heavy atom. The number of pyridine rings is 1. The first-order valence-corrected chi connectivity index (χ1v) is 9.74. The molecule has 3 aliphatic rings. The second-order valence-electron chi connectivity index (χ2n) is 8.13. The third-order valence-electron chi connectivity index (χ3n) is 6.57. The molecule has 26 heavy (non-hydrogen) atoms. The summed E-state index contributed by atoms with van der Waals surface area (Å²) < 4.78 is 0. The third kappa shape index (κ3) is 2.73. The molecule has 2 saturated heterocycles. The van der Waals surface area contributed by atoms with Gasteiger partial charge in [-0.1, -0.05) is 18.2 Å². The van der Waals surface area contributed by atoms with Crippen LogP contribution < -0.4 is 4.90 Å². The van der Waals surface area contributed by atoms with Crippen LogP contribution in [0.25, 0.3) is 0 Å². The summed E-state index contributed by atoms with van der Waals surface area (Å²) in [7, 11) is 0. The maximum Gasteiger partial charge on any atom is 0.140 e. The summed E-state index contributed by atoms with van der Waals surface area (Å²) in [5, 5.41) is 0. The second kappa shape index (κ2) is 6.20. The Balaban J connectivity index is 1.20. The van der Waals surface area contributed by atoms with Crippen molar-refractivity contribution in [3.63, 3.8) is 0 Å². The van der Waals surface area contributed by atoms with Gasteiger partial charge in [0.05, 0.1) is 5.54 Å². The van der Waals surface area contributed by atoms with Crippen LogP contribution in [0.5, 0.6) is 0 Å². The van der Waals surface area contributed by atoms with Gasteiger partial charge in [-0.3, -0.25) is 9.88 Å². The van der Waals surface area contributed by atoms with Gasteiger partial charge in [-0.05, 0) is 61.1 Å². The lowest BCUT2D eigenvalue weighted by Gasteiger charge is -2.41. The van der Waals surface area contributed by atoms with E-state index >= 15 is 0 Å². The average Bonchev–Trinajstić information content (AvgIpc) is 3.30. The van der Waals surface area contributed by atoms with Gasteiger partial charge in [-0.2, -0.15) is 0 Å². The van der Waals surface area contributed by atoms with Gasteiger partial charge in [0, 0.05) is 43.6 Å². The first-order chi connectivity index (χ1) is 12.8. The molecule has 134 valence electrons. The van der Waals surface area contributed by atoms with E-state index in [0.29, 0.717) is 11.8 Å². The summed E-state index contributed by atoms with van der Waals surface area (Å²) in [6.07, 6.45) is 8.28. The van der Waals surface area contributed by atoms with E-state index in [0.717, 1.165) is 39.0 Å². The van der Waals surface area contributed by atoms with Crippen LogP contribution >= 0.6 is 0 Å². The fraction of sp³-hybridized carbons (Fsp3) is 0.455. The van der Waals surface area contributed by atoms with E-state index in [1.807, 2.05) is 18.5 Å². The molecular formula is C22H25N3O. The lowest BCUT2D eigenvalue weighted by molar-refractivity contribution is -0.113. The highest BCUT2D eigenvalue weighted by molar-refractivity contribution is 5.69. The Morgan fingerprint density at radius 3 is 2.46 bits per heavy atom. The van der Waals surface area contributed by atoms with Crippen molar-refractivity contribution in [2.24, 2.45) is 0 Å². The molecule has 0 amide bonds. The van der Waals surface area contributed by atoms with Crippen molar-refractivity contribution in [3.05, 3.63) is 59.9 Å². The van der Waals surface area contributed by atoms with Crippen LogP contribution in [-0.4, -0.2) is 47.9 Å². The number of aldehydes is 1. The van der Waals surface area contributed by atoms with E-state index in [1.54, 1.807) is 0 Å². The van der Waals surface area contributed by atoms with Gasteiger partial charge in [0.25, 0.3) is 0 Å². The molecule has 0 bridgehead atoms. The minimum absolute atomic E-state index is 0.104. The smallest absolute Gasteiger partial charge is 0.140 e. The van der Waals surface area contributed by atoms with Gasteiger partial charge in [0.1, 0.15) is 6.29 Å². The molecule has 0 N–H and O–H groups in total. The van der Waals surface area contributed by atoms with E-state index in [-0.39, 0.29) is 5.54 Å². The molecule has 0 spiro atoms. The maximum absolute atomic E-state index is 11.4. The monoisotopic (exact) mass is 347 g/mol. The van der Waals surface area contributed by atoms with Crippen molar-refractivity contribution >= 4 is 12.0 Å². The van der Waals surface area contributed by atoms with Crippen LogP contribution in [-0.2, 0) is 4.79 Å². The van der Waals surface area contributed by atoms with E-state index < -0.39 is 0 Å². The molecule has 1 unspecified atom stereocenters. The quantitative estimate of drug-likeness (QED) is 0.778. The topological polar surface area (TPSA) is 36.4 Å². The predicted octanol–water partition coefficient (Wildman–Crippen LogP) is 3.21. The fourth-order valence-corrected chi connectivity index (χ4v) is 4.55. The van der Waals surface area contributed by atoms with Crippen LogP contribution in [0, 0.1) is 0 Å². The number of likely N-dealkylation sites (tertiary alicyclic amines) is 1. The highest BCUT2D eigenvalue weighted by atomic mass is 16.1. The zero-order valence-corrected chi connectivity index (χ0v) is 15.1. The summed E-state index contributed by atoms with van der Waals surface area (Å²) >= 11 is 0. The molecule has 2 aliphatic heterocycles. The van der Waals surface area contributed by atoms with E-state index in [4.69, 9.17) is 0 Å². The lowest BCUT2D eigenvalue weighted by atomic mass is 9.91. The Morgan fingerprint density at radius 2 is 1.81 bits per heavy atom. The first-order valence-electron chi connectivity index (χ1n) is 9.74. The number of nitrogens with zero attached hydrogens (tertiary/aromatic N) is 3. The Hall–Kier alpha value is -2.20. The minimum atomic E-state index is -0.104. The number of hydrogen-bond acceptors (Lipinski definition) is 4. The maximum atomic E-state index is 11.4. The number of carbonyl (C=O) groups excluding carboxylic acids is 1. The molecule has 1 aliphatic carbocycles. The molecule has 1 aromatic heterocycles. The third-order valence-corrected chi connectivity index (χ3v) is 6.57. The van der Waals surface area contributed by atoms with Crippen LogP contribution in [0.1, 0.15) is 42.2 Å². The predicted molar refractivity (Wildman–Crippen MR) is 103 cm³/mol. The van der Waals surface area contributed by atoms with Gasteiger partial charge in [-0.15, -0.1) is 0 Å². The van der Waals surface area contributed by atoms with Crippen molar-refractivity contribution in [1.82, 2.24) is 9.88 Å². The van der Waals surface area contributed by atoms with Gasteiger partial charge >= 0.3 is 0 Å². The summed E-state index contributed by atoms with van der Waals surface area (Å²) in [5.74, 6) is 1.17. The van der Waals surface area contributed by atoms with Crippen molar-refractivity contribution in [1.29, 1.82) is 0 Å². The normalized spacial score (nSPS) is 25.1. The molecule has 2 aromatic rings. The highest BCUT2D eigenvalue weighted by Crippen LogP contribution is 2.44. The Bertz CT molecular complexity index is 779. The molecule has 4 heteroatoms. The molecule has 0 radical (unpaired) electrons. The molecule has 1 atom stereocenters. The molecule has 5 rings (SSSR count). The molecule has 3 heterocycles. The van der Waals surface area contributed by atoms with Gasteiger partial charge in [0.2, 0.25) is 0 Å². The highest BCUT2D eigenvalue weighted by Gasteiger charge is 2.50. The first kappa shape index (κ1) is 16.0. The summed E-state index contributed by atoms with van der Waals surface area (Å²) in [4.78, 5) is 20.4. The minimum Gasteiger partial charge on any atom is -0.370 e. The molecule has 3 fully saturated rings. The van der Waals surface area contributed by atoms with Crippen molar-refractivity contribution in [2.45, 2.75) is 36.6 Å². The number of hydrogen-bond donors (Lipinski definition) is 0. The van der Waals surface area contributed by atoms with Crippen molar-refractivity contribution in [2.75, 3.05) is 31.1 Å². The largest absolute Gasteiger partial charge is 0.370 e. The standard InChI is InChI=1S/C22H25N3O/c26-16-22(8-9-22)25-11-7-19(15-25)17-3-5-21(6-4-17)24-13-20(14-24)18-2-1-10-23-12-18/h1-6,10,12,16,19-20H,7-9,11,13-15H2. The van der Waals surface area contributed by atoms with Gasteiger partial charge in [0.15, 0.2) is 0 Å². The van der Waals surface area contributed by atoms with Gasteiger partial charge in [-0.25, -0.2) is 0 Å². The Labute approximate surface area is 154 Å². The van der Waals surface area contributed by atoms with Crippen LogP contribution in [0.15, 0.2) is 48.8 Å². The molecular weight excluding hydrogens is 322 g/mol. The number of carbonyl (C=O) groups is 1. The number of benzene rings is 1. The van der Waals surface area contributed by atoms with E-state index in [2.05, 4.69) is 45.1 Å². The SMILES string of the molecule is O=CC1(N2CCC(c3ccc(N4CC(c5cccnc5)C4)cc3)C2)CC1. The Kier molecular flexibility index (Phi) is 3.82. The number of aromatic nitrogens is 1. The summed E-state index contributed by atoms with van der Waals surface area (Å²) in [6.45, 7) is 4.24. The zero-order valence-electron chi connectivity index (χ0n) is 15.1. The van der Waals surface area contributed by atoms with Crippen LogP contribution in [0.3, 0.4) is 0 Å². The van der Waals surface area contributed by atoms with Crippen LogP contribution in [0.2, 0.25) is 0 Å².